The van der Waals surface area contributed by atoms with Crippen molar-refractivity contribution in [2.75, 3.05) is 39.6 Å². The van der Waals surface area contributed by atoms with Gasteiger partial charge in [-0.05, 0) is 154 Å². The minimum atomic E-state index is -4.99. The van der Waals surface area contributed by atoms with Crippen LogP contribution in [0.5, 0.6) is 0 Å². The summed E-state index contributed by atoms with van der Waals surface area (Å²) in [5.74, 6) is -2.27. The Morgan fingerprint density at radius 3 is 0.867 bits per heavy atom. The Hall–Kier alpha value is -4.54. The van der Waals surface area contributed by atoms with Gasteiger partial charge in [-0.25, -0.2) is 9.13 Å². The van der Waals surface area contributed by atoms with E-state index in [1.54, 1.807) is 0 Å². The van der Waals surface area contributed by atoms with E-state index in [1.165, 1.54) is 44.9 Å². The third-order valence-electron chi connectivity index (χ3n) is 15.4. The van der Waals surface area contributed by atoms with E-state index in [1.807, 2.05) is 0 Å². The van der Waals surface area contributed by atoms with Crippen molar-refractivity contribution in [2.24, 2.45) is 0 Å². The van der Waals surface area contributed by atoms with Gasteiger partial charge in [0.1, 0.15) is 19.3 Å². The van der Waals surface area contributed by atoms with Crippen LogP contribution < -0.4 is 0 Å². The molecule has 0 aromatic rings. The number of rotatable bonds is 70. The summed E-state index contributed by atoms with van der Waals surface area (Å²) in [5.41, 5.74) is 0. The van der Waals surface area contributed by atoms with Crippen LogP contribution in [0.1, 0.15) is 297 Å². The predicted octanol–water partition coefficient (Wildman–Crippen LogP) is 21.6. The second-order valence-electron chi connectivity index (χ2n) is 24.8. The molecule has 0 aliphatic carbocycles. The minimum absolute atomic E-state index is 0.0720. The van der Waals surface area contributed by atoms with Gasteiger partial charge in [-0.15, -0.1) is 0 Å². The molecule has 0 amide bonds. The Kier molecular flexibility index (Phi) is 67.6. The fourth-order valence-corrected chi connectivity index (χ4v) is 11.2. The molecule has 5 atom stereocenters. The standard InChI is InChI=1S/C79H134O17P2/c1-5-9-13-17-21-25-29-33-36-40-43-47-51-55-59-63-76(81)89-69-74(95-78(83)65-61-57-53-49-45-39-32-28-24-20-16-12-8-4)71-93-97(85,86)91-67-73(80)68-92-98(87,88)94-72-75(96-79(84)66-62-58-54-50-46-42-38-35-31-27-23-19-15-11-7-3)70-90-77(82)64-60-56-52-48-44-41-37-34-30-26-22-18-14-10-6-2/h9-10,13-14,21-23,25-28,32-38,43,47,73-75,80H,5-8,11-12,15-20,24,29-31,39-42,44-46,48-72H2,1-4H3,(H,85,86)(H,87,88)/b13-9-,14-10-,25-21-,26-22-,27-23-,32-28-,36-33-,37-34-,38-35-,47-43-. The van der Waals surface area contributed by atoms with Crippen LogP contribution >= 0.6 is 15.6 Å². The molecule has 17 nitrogen and oxygen atoms in total. The Bertz CT molecular complexity index is 2340. The molecular weight excluding hydrogens is 1280 g/mol. The Morgan fingerprint density at radius 1 is 0.296 bits per heavy atom. The average Bonchev–Trinajstić information content (AvgIpc) is 0.959. The summed E-state index contributed by atoms with van der Waals surface area (Å²) in [4.78, 5) is 72.8. The third kappa shape index (κ3) is 69.9. The first kappa shape index (κ1) is 93.5. The highest BCUT2D eigenvalue weighted by atomic mass is 31.2. The topological polar surface area (TPSA) is 237 Å². The number of phosphoric acid groups is 2. The molecule has 0 aliphatic rings. The van der Waals surface area contributed by atoms with Crippen LogP contribution in [0.3, 0.4) is 0 Å². The quantitative estimate of drug-likeness (QED) is 0.0169. The van der Waals surface area contributed by atoms with Gasteiger partial charge in [-0.3, -0.25) is 37.3 Å². The largest absolute Gasteiger partial charge is 0.472 e. The fourth-order valence-electron chi connectivity index (χ4n) is 9.66. The van der Waals surface area contributed by atoms with Crippen molar-refractivity contribution in [3.8, 4) is 0 Å². The molecule has 0 aliphatic heterocycles. The van der Waals surface area contributed by atoms with Crippen LogP contribution in [0.15, 0.2) is 122 Å². The van der Waals surface area contributed by atoms with Crippen LogP contribution in [0.25, 0.3) is 0 Å². The van der Waals surface area contributed by atoms with E-state index in [9.17, 15) is 43.2 Å². The molecular formula is C79H134O17P2. The molecule has 0 aromatic carbocycles. The fraction of sp³-hybridized carbons (Fsp3) is 0.696. The number of carbonyl (C=O) groups is 4. The summed E-state index contributed by atoms with van der Waals surface area (Å²) < 4.78 is 68.4. The number of unbranched alkanes of at least 4 members (excludes halogenated alkanes) is 24. The van der Waals surface area contributed by atoms with Crippen molar-refractivity contribution in [3.63, 3.8) is 0 Å². The molecule has 0 fully saturated rings. The van der Waals surface area contributed by atoms with Gasteiger partial charge in [0.05, 0.1) is 26.4 Å². The number of aliphatic hydroxyl groups is 1. The molecule has 98 heavy (non-hydrogen) atoms. The monoisotopic (exact) mass is 1420 g/mol. The lowest BCUT2D eigenvalue weighted by atomic mass is 10.1. The van der Waals surface area contributed by atoms with Gasteiger partial charge in [-0.2, -0.15) is 0 Å². The molecule has 0 rings (SSSR count). The zero-order chi connectivity index (χ0) is 71.8. The van der Waals surface area contributed by atoms with Gasteiger partial charge in [0, 0.05) is 25.7 Å². The highest BCUT2D eigenvalue weighted by Gasteiger charge is 2.30. The van der Waals surface area contributed by atoms with Crippen LogP contribution in [0.4, 0.5) is 0 Å². The van der Waals surface area contributed by atoms with E-state index < -0.39 is 97.5 Å². The Morgan fingerprint density at radius 2 is 0.531 bits per heavy atom. The smallest absolute Gasteiger partial charge is 0.462 e. The van der Waals surface area contributed by atoms with Crippen molar-refractivity contribution in [3.05, 3.63) is 122 Å². The predicted molar refractivity (Wildman–Crippen MR) is 399 cm³/mol. The summed E-state index contributed by atoms with van der Waals surface area (Å²) in [6.45, 7) is 4.51. The van der Waals surface area contributed by atoms with Gasteiger partial charge < -0.3 is 33.8 Å². The lowest BCUT2D eigenvalue weighted by molar-refractivity contribution is -0.161. The Labute approximate surface area is 593 Å². The average molecular weight is 1420 g/mol. The van der Waals surface area contributed by atoms with Crippen molar-refractivity contribution < 1.29 is 80.2 Å². The number of aliphatic hydroxyl groups excluding tert-OH is 1. The molecule has 0 saturated heterocycles. The molecule has 19 heteroatoms. The van der Waals surface area contributed by atoms with Crippen LogP contribution in [0, 0.1) is 0 Å². The summed E-state index contributed by atoms with van der Waals surface area (Å²) >= 11 is 0. The summed E-state index contributed by atoms with van der Waals surface area (Å²) in [6, 6.07) is 0. The number of ether oxygens (including phenoxy) is 4. The molecule has 0 aromatic heterocycles. The van der Waals surface area contributed by atoms with Crippen LogP contribution in [0.2, 0.25) is 0 Å². The van der Waals surface area contributed by atoms with Crippen LogP contribution in [-0.4, -0.2) is 96.7 Å². The van der Waals surface area contributed by atoms with Crippen molar-refractivity contribution >= 4 is 39.5 Å². The van der Waals surface area contributed by atoms with Gasteiger partial charge in [0.25, 0.3) is 0 Å². The second kappa shape index (κ2) is 70.9. The van der Waals surface area contributed by atoms with Gasteiger partial charge >= 0.3 is 39.5 Å². The molecule has 562 valence electrons. The highest BCUT2D eigenvalue weighted by Crippen LogP contribution is 2.45. The van der Waals surface area contributed by atoms with E-state index in [4.69, 9.17) is 37.0 Å². The number of allylic oxidation sites excluding steroid dienone is 20. The first-order chi connectivity index (χ1) is 47.7. The number of phosphoric ester groups is 2. The Balaban J connectivity index is 5.41. The minimum Gasteiger partial charge on any atom is -0.462 e. The normalized spacial score (nSPS) is 14.6. The lowest BCUT2D eigenvalue weighted by Crippen LogP contribution is -2.30. The third-order valence-corrected chi connectivity index (χ3v) is 17.3. The maximum absolute atomic E-state index is 13.1. The molecule has 3 N–H and O–H groups in total. The number of esters is 4. The summed E-state index contributed by atoms with van der Waals surface area (Å²) in [7, 11) is -9.97. The number of carbonyl (C=O) groups excluding carboxylic acids is 4. The van der Waals surface area contributed by atoms with Gasteiger partial charge in [0.15, 0.2) is 12.2 Å². The van der Waals surface area contributed by atoms with Gasteiger partial charge in [-0.1, -0.05) is 239 Å². The van der Waals surface area contributed by atoms with Crippen molar-refractivity contribution in [2.45, 2.75) is 316 Å². The molecule has 0 bridgehead atoms. The molecule has 5 unspecified atom stereocenters. The molecule has 0 radical (unpaired) electrons. The lowest BCUT2D eigenvalue weighted by Gasteiger charge is -2.21. The molecule has 0 saturated carbocycles. The van der Waals surface area contributed by atoms with Crippen molar-refractivity contribution in [1.29, 1.82) is 0 Å². The maximum atomic E-state index is 13.1. The van der Waals surface area contributed by atoms with Crippen molar-refractivity contribution in [1.82, 2.24) is 0 Å². The summed E-state index contributed by atoms with van der Waals surface area (Å²) in [6.07, 6.45) is 76.2. The zero-order valence-electron chi connectivity index (χ0n) is 61.2. The molecule has 0 spiro atoms. The number of hydrogen-bond acceptors (Lipinski definition) is 15. The van der Waals surface area contributed by atoms with E-state index in [0.717, 1.165) is 173 Å². The highest BCUT2D eigenvalue weighted by molar-refractivity contribution is 7.47. The first-order valence-electron chi connectivity index (χ1n) is 37.8. The van der Waals surface area contributed by atoms with E-state index in [-0.39, 0.29) is 25.7 Å². The second-order valence-corrected chi connectivity index (χ2v) is 27.7. The zero-order valence-corrected chi connectivity index (χ0v) is 63.0. The first-order valence-corrected chi connectivity index (χ1v) is 40.8. The summed E-state index contributed by atoms with van der Waals surface area (Å²) in [5, 5.41) is 10.6. The SMILES string of the molecule is CC/C=C\C/C=C\C/C=C\C/C=C\CCCCC(=O)OCC(COP(=O)(O)OCC(O)COP(=O)(O)OCC(COC(=O)CCCCCCC/C=C\C/C=C\C/C=C\CC)OC(=O)CCCCCCC/C=C\C/C=C\CCCCC)OC(=O)CCCCCCC/C=C\CCCCCC. The van der Waals surface area contributed by atoms with E-state index in [0.29, 0.717) is 25.7 Å². The maximum Gasteiger partial charge on any atom is 0.472 e. The van der Waals surface area contributed by atoms with Crippen LogP contribution in [-0.2, 0) is 65.4 Å². The number of hydrogen-bond donors (Lipinski definition) is 3. The molecule has 0 heterocycles. The van der Waals surface area contributed by atoms with E-state index >= 15 is 0 Å². The van der Waals surface area contributed by atoms with E-state index in [2.05, 4.69) is 149 Å². The van der Waals surface area contributed by atoms with Gasteiger partial charge in [0.2, 0.25) is 0 Å².